The zero-order chi connectivity index (χ0) is 17.6. The summed E-state index contributed by atoms with van der Waals surface area (Å²) in [5.74, 6) is -0.831. The monoisotopic (exact) mass is 322 g/mol. The van der Waals surface area contributed by atoms with Crippen molar-refractivity contribution in [2.24, 2.45) is 5.92 Å². The Labute approximate surface area is 135 Å². The van der Waals surface area contributed by atoms with Crippen molar-refractivity contribution < 1.29 is 19.2 Å². The largest absolute Gasteiger partial charge is 0.477 e. The van der Waals surface area contributed by atoms with Gasteiger partial charge in [0.1, 0.15) is 0 Å². The second-order valence-electron chi connectivity index (χ2n) is 5.62. The molecule has 126 valence electrons. The minimum absolute atomic E-state index is 0.00660. The summed E-state index contributed by atoms with van der Waals surface area (Å²) >= 11 is 0. The molecule has 1 aromatic carbocycles. The van der Waals surface area contributed by atoms with Crippen molar-refractivity contribution >= 4 is 17.4 Å². The minimum Gasteiger partial charge on any atom is -0.477 e. The van der Waals surface area contributed by atoms with Gasteiger partial charge in [-0.1, -0.05) is 20.8 Å². The Morgan fingerprint density at radius 3 is 2.48 bits per heavy atom. The lowest BCUT2D eigenvalue weighted by molar-refractivity contribution is -0.385. The van der Waals surface area contributed by atoms with Crippen molar-refractivity contribution in [3.8, 4) is 5.75 Å². The average Bonchev–Trinajstić information content (AvgIpc) is 2.51. The summed E-state index contributed by atoms with van der Waals surface area (Å²) in [5, 5.41) is 13.9. The van der Waals surface area contributed by atoms with Gasteiger partial charge in [0.2, 0.25) is 0 Å². The van der Waals surface area contributed by atoms with Crippen molar-refractivity contribution in [2.45, 2.75) is 40.2 Å². The van der Waals surface area contributed by atoms with Gasteiger partial charge in [0.05, 0.1) is 4.92 Å². The first-order valence-electron chi connectivity index (χ1n) is 7.51. The maximum Gasteiger partial charge on any atom is 0.311 e. The van der Waals surface area contributed by atoms with E-state index in [4.69, 9.17) is 4.74 Å². The molecule has 1 unspecified atom stereocenters. The van der Waals surface area contributed by atoms with Crippen LogP contribution in [0.15, 0.2) is 18.2 Å². The van der Waals surface area contributed by atoms with Gasteiger partial charge >= 0.3 is 5.69 Å². The van der Waals surface area contributed by atoms with E-state index in [9.17, 15) is 19.7 Å². The topological polar surface area (TPSA) is 98.5 Å². The van der Waals surface area contributed by atoms with E-state index in [-0.39, 0.29) is 47.3 Å². The van der Waals surface area contributed by atoms with Gasteiger partial charge in [-0.05, 0) is 25.5 Å². The molecular formula is C16H22N2O5. The molecule has 0 aliphatic carbocycles. The number of nitrogens with zero attached hydrogens (tertiary/aromatic N) is 1. The van der Waals surface area contributed by atoms with Gasteiger partial charge < -0.3 is 10.1 Å². The molecule has 23 heavy (non-hydrogen) atoms. The number of ether oxygens (including phenoxy) is 1. The van der Waals surface area contributed by atoms with Gasteiger partial charge in [-0.3, -0.25) is 19.7 Å². The molecule has 0 aliphatic heterocycles. The Balaban J connectivity index is 2.89. The zero-order valence-electron chi connectivity index (χ0n) is 13.8. The summed E-state index contributed by atoms with van der Waals surface area (Å²) in [7, 11) is 0. The third kappa shape index (κ3) is 5.36. The predicted octanol–water partition coefficient (Wildman–Crippen LogP) is 2.73. The number of Topliss-reactive ketones (excluding diaryl/α,β-unsaturated/α-hetero) is 1. The summed E-state index contributed by atoms with van der Waals surface area (Å²) < 4.78 is 5.24. The Morgan fingerprint density at radius 1 is 1.30 bits per heavy atom. The van der Waals surface area contributed by atoms with Gasteiger partial charge in [0.25, 0.3) is 5.91 Å². The molecule has 1 rings (SSSR count). The molecular weight excluding hydrogens is 300 g/mol. The van der Waals surface area contributed by atoms with Crippen LogP contribution in [0.5, 0.6) is 5.75 Å². The second kappa shape index (κ2) is 8.26. The molecule has 0 aliphatic rings. The van der Waals surface area contributed by atoms with Crippen LogP contribution in [0.25, 0.3) is 0 Å². The Kier molecular flexibility index (Phi) is 6.68. The summed E-state index contributed by atoms with van der Waals surface area (Å²) in [4.78, 5) is 34.1. The van der Waals surface area contributed by atoms with Crippen molar-refractivity contribution in [3.63, 3.8) is 0 Å². The molecule has 0 saturated carbocycles. The predicted molar refractivity (Wildman–Crippen MR) is 85.7 cm³/mol. The van der Waals surface area contributed by atoms with Crippen LogP contribution >= 0.6 is 0 Å². The molecule has 1 amide bonds. The fraction of sp³-hybridized carbons (Fsp3) is 0.500. The summed E-state index contributed by atoms with van der Waals surface area (Å²) in [6.45, 7) is 6.91. The van der Waals surface area contributed by atoms with Crippen molar-refractivity contribution in [2.75, 3.05) is 6.61 Å². The third-order valence-electron chi connectivity index (χ3n) is 3.34. The van der Waals surface area contributed by atoms with Crippen LogP contribution < -0.4 is 10.1 Å². The smallest absolute Gasteiger partial charge is 0.311 e. The number of ketones is 1. The lowest BCUT2D eigenvalue weighted by Crippen LogP contribution is -2.35. The van der Waals surface area contributed by atoms with Crippen molar-refractivity contribution in [3.05, 3.63) is 33.9 Å². The van der Waals surface area contributed by atoms with E-state index < -0.39 is 4.92 Å². The average molecular weight is 322 g/mol. The minimum atomic E-state index is -0.626. The van der Waals surface area contributed by atoms with Crippen LogP contribution in [0.1, 0.15) is 44.5 Å². The van der Waals surface area contributed by atoms with E-state index in [0.29, 0.717) is 0 Å². The molecule has 0 fully saturated rings. The van der Waals surface area contributed by atoms with Crippen LogP contribution in [0.3, 0.4) is 0 Å². The lowest BCUT2D eigenvalue weighted by Gasteiger charge is -2.12. The van der Waals surface area contributed by atoms with Crippen LogP contribution in [-0.2, 0) is 4.79 Å². The first kappa shape index (κ1) is 18.6. The van der Waals surface area contributed by atoms with E-state index in [1.165, 1.54) is 18.2 Å². The first-order valence-corrected chi connectivity index (χ1v) is 7.51. The van der Waals surface area contributed by atoms with Gasteiger partial charge in [-0.2, -0.15) is 0 Å². The van der Waals surface area contributed by atoms with Gasteiger partial charge in [-0.15, -0.1) is 0 Å². The lowest BCUT2D eigenvalue weighted by atomic mass is 10.0. The maximum atomic E-state index is 11.9. The van der Waals surface area contributed by atoms with E-state index >= 15 is 0 Å². The Bertz CT molecular complexity index is 598. The van der Waals surface area contributed by atoms with Gasteiger partial charge in [0.15, 0.2) is 18.1 Å². The van der Waals surface area contributed by atoms with Crippen LogP contribution in [0.4, 0.5) is 5.69 Å². The highest BCUT2D eigenvalue weighted by atomic mass is 16.6. The number of amides is 1. The van der Waals surface area contributed by atoms with Crippen molar-refractivity contribution in [1.82, 2.24) is 5.32 Å². The number of hydrogen-bond acceptors (Lipinski definition) is 5. The normalized spacial score (nSPS) is 11.9. The zero-order valence-corrected chi connectivity index (χ0v) is 13.8. The number of benzene rings is 1. The number of nitro groups is 1. The summed E-state index contributed by atoms with van der Waals surface area (Å²) in [6.07, 6.45) is 0.776. The molecule has 0 saturated heterocycles. The van der Waals surface area contributed by atoms with Gasteiger partial charge in [-0.25, -0.2) is 0 Å². The molecule has 1 aromatic rings. The highest BCUT2D eigenvalue weighted by Crippen LogP contribution is 2.28. The van der Waals surface area contributed by atoms with E-state index in [2.05, 4.69) is 5.32 Å². The second-order valence-corrected chi connectivity index (χ2v) is 5.62. The molecule has 7 nitrogen and oxygen atoms in total. The Morgan fingerprint density at radius 2 is 1.96 bits per heavy atom. The maximum absolute atomic E-state index is 11.9. The van der Waals surface area contributed by atoms with Crippen LogP contribution in [-0.4, -0.2) is 29.3 Å². The van der Waals surface area contributed by atoms with E-state index in [0.717, 1.165) is 6.42 Å². The fourth-order valence-electron chi connectivity index (χ4n) is 1.83. The summed E-state index contributed by atoms with van der Waals surface area (Å²) in [6, 6.07) is 4.01. The number of rotatable bonds is 8. The number of carbonyl (C=O) groups excluding carboxylic acids is 2. The SMILES string of the molecule is CCC(C)NC(=O)COc1ccc(C(=O)C(C)C)cc1[N+](=O)[O-]. The highest BCUT2D eigenvalue weighted by molar-refractivity contribution is 5.98. The van der Waals surface area contributed by atoms with Crippen molar-refractivity contribution in [1.29, 1.82) is 0 Å². The molecule has 1 N–H and O–H groups in total. The van der Waals surface area contributed by atoms with E-state index in [1.54, 1.807) is 13.8 Å². The first-order chi connectivity index (χ1) is 10.8. The molecule has 0 heterocycles. The Hall–Kier alpha value is -2.44. The molecule has 0 aromatic heterocycles. The molecule has 0 bridgehead atoms. The van der Waals surface area contributed by atoms with Gasteiger partial charge in [0, 0.05) is 23.6 Å². The number of carbonyl (C=O) groups is 2. The molecule has 7 heteroatoms. The highest BCUT2D eigenvalue weighted by Gasteiger charge is 2.21. The summed E-state index contributed by atoms with van der Waals surface area (Å²) in [5.41, 5.74) is -0.0732. The quantitative estimate of drug-likeness (QED) is 0.451. The van der Waals surface area contributed by atoms with E-state index in [1.807, 2.05) is 13.8 Å². The molecule has 0 spiro atoms. The number of nitrogens with one attached hydrogen (secondary N) is 1. The van der Waals surface area contributed by atoms with Crippen LogP contribution in [0, 0.1) is 16.0 Å². The molecule has 1 atom stereocenters. The molecule has 0 radical (unpaired) electrons. The van der Waals surface area contributed by atoms with Crippen LogP contribution in [0.2, 0.25) is 0 Å². The number of hydrogen-bond donors (Lipinski definition) is 1. The standard InChI is InChI=1S/C16H22N2O5/c1-5-11(4)17-15(19)9-23-14-7-6-12(16(20)10(2)3)8-13(14)18(21)22/h6-8,10-11H,5,9H2,1-4H3,(H,17,19). The fourth-order valence-corrected chi connectivity index (χ4v) is 1.83. The number of nitro benzene ring substituents is 1. The third-order valence-corrected chi connectivity index (χ3v) is 3.34.